The summed E-state index contributed by atoms with van der Waals surface area (Å²) < 4.78 is 5.04. The third-order valence-corrected chi connectivity index (χ3v) is 4.82. The molecule has 154 valence electrons. The zero-order valence-electron chi connectivity index (χ0n) is 16.9. The van der Waals surface area contributed by atoms with E-state index in [9.17, 15) is 9.59 Å². The van der Waals surface area contributed by atoms with E-state index in [-0.39, 0.29) is 18.0 Å². The highest BCUT2D eigenvalue weighted by Gasteiger charge is 2.24. The molecule has 1 aromatic heterocycles. The van der Waals surface area contributed by atoms with Gasteiger partial charge in [-0.25, -0.2) is 14.8 Å². The number of likely N-dealkylation sites (tertiary alicyclic amines) is 1. The average molecular weight is 397 g/mol. The van der Waals surface area contributed by atoms with Crippen molar-refractivity contribution in [3.05, 3.63) is 53.3 Å². The molecule has 0 saturated carbocycles. The predicted octanol–water partition coefficient (Wildman–Crippen LogP) is 2.75. The minimum absolute atomic E-state index is 0.145. The fraction of sp³-hybridized carbons (Fsp3) is 0.429. The van der Waals surface area contributed by atoms with Crippen LogP contribution in [0, 0.1) is 6.92 Å². The molecule has 0 atom stereocenters. The standard InChI is InChI=1S/C21H27N5O3/c1-3-29-21(28)26-12-9-17(10-13-26)24-20-22-11-8-18(25-20)19(27)23-14-16-6-4-15(2)5-7-16/h4-8,11,17H,3,9-10,12-14H2,1-2H3,(H,23,27)(H,22,24,25). The van der Waals surface area contributed by atoms with Gasteiger partial charge < -0.3 is 20.3 Å². The summed E-state index contributed by atoms with van der Waals surface area (Å²) in [6.07, 6.45) is 2.84. The van der Waals surface area contributed by atoms with Gasteiger partial charge in [0, 0.05) is 31.9 Å². The van der Waals surface area contributed by atoms with E-state index in [0.29, 0.717) is 37.9 Å². The van der Waals surface area contributed by atoms with Crippen molar-refractivity contribution in [2.24, 2.45) is 0 Å². The molecule has 1 aliphatic heterocycles. The Kier molecular flexibility index (Phi) is 6.99. The normalized spacial score (nSPS) is 14.3. The first-order valence-corrected chi connectivity index (χ1v) is 9.90. The summed E-state index contributed by atoms with van der Waals surface area (Å²) in [5.41, 5.74) is 2.53. The lowest BCUT2D eigenvalue weighted by atomic mass is 10.1. The van der Waals surface area contributed by atoms with Crippen molar-refractivity contribution in [1.29, 1.82) is 0 Å². The number of hydrogen-bond acceptors (Lipinski definition) is 6. The lowest BCUT2D eigenvalue weighted by molar-refractivity contribution is 0.0943. The predicted molar refractivity (Wildman–Crippen MR) is 110 cm³/mol. The molecule has 0 spiro atoms. The van der Waals surface area contributed by atoms with E-state index in [1.807, 2.05) is 31.2 Å². The minimum Gasteiger partial charge on any atom is -0.450 e. The van der Waals surface area contributed by atoms with Crippen molar-refractivity contribution < 1.29 is 14.3 Å². The maximum absolute atomic E-state index is 12.4. The van der Waals surface area contributed by atoms with Crippen LogP contribution in [-0.2, 0) is 11.3 Å². The summed E-state index contributed by atoms with van der Waals surface area (Å²) in [5, 5.41) is 6.15. The number of piperidine rings is 1. The van der Waals surface area contributed by atoms with Crippen molar-refractivity contribution in [2.75, 3.05) is 25.0 Å². The van der Waals surface area contributed by atoms with Crippen LogP contribution >= 0.6 is 0 Å². The molecule has 0 radical (unpaired) electrons. The Morgan fingerprint density at radius 1 is 1.17 bits per heavy atom. The molecule has 0 unspecified atom stereocenters. The Morgan fingerprint density at radius 2 is 1.90 bits per heavy atom. The molecule has 2 heterocycles. The van der Waals surface area contributed by atoms with Gasteiger partial charge in [0.25, 0.3) is 5.91 Å². The highest BCUT2D eigenvalue weighted by Crippen LogP contribution is 2.15. The Hall–Kier alpha value is -3.16. The van der Waals surface area contributed by atoms with Gasteiger partial charge in [-0.1, -0.05) is 29.8 Å². The molecule has 8 heteroatoms. The molecule has 2 N–H and O–H groups in total. The number of amides is 2. The largest absolute Gasteiger partial charge is 0.450 e. The number of ether oxygens (including phenoxy) is 1. The second-order valence-electron chi connectivity index (χ2n) is 7.04. The number of carbonyl (C=O) groups excluding carboxylic acids is 2. The van der Waals surface area contributed by atoms with Gasteiger partial charge in [-0.15, -0.1) is 0 Å². The van der Waals surface area contributed by atoms with Crippen LogP contribution in [0.5, 0.6) is 0 Å². The Morgan fingerprint density at radius 3 is 2.59 bits per heavy atom. The van der Waals surface area contributed by atoms with E-state index in [2.05, 4.69) is 20.6 Å². The summed E-state index contributed by atoms with van der Waals surface area (Å²) in [6, 6.07) is 9.75. The fourth-order valence-electron chi connectivity index (χ4n) is 3.14. The summed E-state index contributed by atoms with van der Waals surface area (Å²) in [5.74, 6) is 0.177. The number of rotatable bonds is 6. The monoisotopic (exact) mass is 397 g/mol. The van der Waals surface area contributed by atoms with Gasteiger partial charge in [0.1, 0.15) is 5.69 Å². The van der Waals surface area contributed by atoms with Crippen LogP contribution in [0.2, 0.25) is 0 Å². The molecule has 1 saturated heterocycles. The van der Waals surface area contributed by atoms with Crippen molar-refractivity contribution in [1.82, 2.24) is 20.2 Å². The number of nitrogens with one attached hydrogen (secondary N) is 2. The number of anilines is 1. The lowest BCUT2D eigenvalue weighted by Crippen LogP contribution is -2.42. The molecule has 29 heavy (non-hydrogen) atoms. The Bertz CT molecular complexity index is 832. The molecule has 2 amide bonds. The molecule has 0 aliphatic carbocycles. The van der Waals surface area contributed by atoms with E-state index in [0.717, 1.165) is 18.4 Å². The van der Waals surface area contributed by atoms with Crippen molar-refractivity contribution in [3.63, 3.8) is 0 Å². The van der Waals surface area contributed by atoms with Gasteiger partial charge in [-0.05, 0) is 38.3 Å². The van der Waals surface area contributed by atoms with Gasteiger partial charge in [0.2, 0.25) is 5.95 Å². The SMILES string of the molecule is CCOC(=O)N1CCC(Nc2nccc(C(=O)NCc3ccc(C)cc3)n2)CC1. The zero-order valence-corrected chi connectivity index (χ0v) is 16.9. The number of aryl methyl sites for hydroxylation is 1. The van der Waals surface area contributed by atoms with Gasteiger partial charge in [-0.2, -0.15) is 0 Å². The Labute approximate surface area is 170 Å². The maximum Gasteiger partial charge on any atom is 0.409 e. The van der Waals surface area contributed by atoms with Crippen LogP contribution < -0.4 is 10.6 Å². The summed E-state index contributed by atoms with van der Waals surface area (Å²) in [7, 11) is 0. The van der Waals surface area contributed by atoms with E-state index in [4.69, 9.17) is 4.74 Å². The summed E-state index contributed by atoms with van der Waals surface area (Å²) >= 11 is 0. The van der Waals surface area contributed by atoms with E-state index >= 15 is 0 Å². The number of aromatic nitrogens is 2. The molecule has 1 aliphatic rings. The van der Waals surface area contributed by atoms with E-state index in [1.165, 1.54) is 5.56 Å². The second-order valence-corrected chi connectivity index (χ2v) is 7.04. The third kappa shape index (κ3) is 5.91. The first-order valence-electron chi connectivity index (χ1n) is 9.90. The van der Waals surface area contributed by atoms with E-state index in [1.54, 1.807) is 24.1 Å². The second kappa shape index (κ2) is 9.86. The molecule has 8 nitrogen and oxygen atoms in total. The number of nitrogens with zero attached hydrogens (tertiary/aromatic N) is 3. The topological polar surface area (TPSA) is 96.5 Å². The summed E-state index contributed by atoms with van der Waals surface area (Å²) in [6.45, 7) is 5.88. The van der Waals surface area contributed by atoms with Gasteiger partial charge in [0.05, 0.1) is 6.61 Å². The third-order valence-electron chi connectivity index (χ3n) is 4.82. The van der Waals surface area contributed by atoms with Crippen LogP contribution in [-0.4, -0.2) is 52.6 Å². The average Bonchev–Trinajstić information content (AvgIpc) is 2.74. The maximum atomic E-state index is 12.4. The van der Waals surface area contributed by atoms with Crippen LogP contribution in [0.25, 0.3) is 0 Å². The van der Waals surface area contributed by atoms with Crippen molar-refractivity contribution in [3.8, 4) is 0 Å². The molecule has 3 rings (SSSR count). The van der Waals surface area contributed by atoms with Gasteiger partial charge >= 0.3 is 6.09 Å². The fourth-order valence-corrected chi connectivity index (χ4v) is 3.14. The molecular formula is C21H27N5O3. The molecule has 1 fully saturated rings. The number of benzene rings is 1. The molecule has 1 aromatic carbocycles. The van der Waals surface area contributed by atoms with Crippen LogP contribution in [0.1, 0.15) is 41.4 Å². The van der Waals surface area contributed by atoms with Crippen LogP contribution in [0.4, 0.5) is 10.7 Å². The molecular weight excluding hydrogens is 370 g/mol. The van der Waals surface area contributed by atoms with Crippen LogP contribution in [0.15, 0.2) is 36.5 Å². The summed E-state index contributed by atoms with van der Waals surface area (Å²) in [4.78, 5) is 34.5. The lowest BCUT2D eigenvalue weighted by Gasteiger charge is -2.31. The number of carbonyl (C=O) groups is 2. The first kappa shape index (κ1) is 20.6. The van der Waals surface area contributed by atoms with Crippen molar-refractivity contribution >= 4 is 17.9 Å². The highest BCUT2D eigenvalue weighted by molar-refractivity contribution is 5.92. The van der Waals surface area contributed by atoms with Crippen molar-refractivity contribution in [2.45, 2.75) is 39.3 Å². The Balaban J connectivity index is 1.51. The molecule has 0 bridgehead atoms. The minimum atomic E-state index is -0.269. The van der Waals surface area contributed by atoms with E-state index < -0.39 is 0 Å². The van der Waals surface area contributed by atoms with Gasteiger partial charge in [-0.3, -0.25) is 4.79 Å². The zero-order chi connectivity index (χ0) is 20.6. The number of hydrogen-bond donors (Lipinski definition) is 2. The smallest absolute Gasteiger partial charge is 0.409 e. The van der Waals surface area contributed by atoms with Gasteiger partial charge in [0.15, 0.2) is 0 Å². The highest BCUT2D eigenvalue weighted by atomic mass is 16.6. The quantitative estimate of drug-likeness (QED) is 0.778. The molecule has 2 aromatic rings. The van der Waals surface area contributed by atoms with Crippen LogP contribution in [0.3, 0.4) is 0 Å². The first-order chi connectivity index (χ1) is 14.0.